The van der Waals surface area contributed by atoms with Crippen LogP contribution >= 0.6 is 11.6 Å². The van der Waals surface area contributed by atoms with Crippen LogP contribution in [0.3, 0.4) is 0 Å². The minimum atomic E-state index is -0.847. The summed E-state index contributed by atoms with van der Waals surface area (Å²) in [5, 5.41) is 3.35. The zero-order chi connectivity index (χ0) is 13.1. The Labute approximate surface area is 109 Å². The van der Waals surface area contributed by atoms with Crippen LogP contribution in [0.25, 0.3) is 0 Å². The van der Waals surface area contributed by atoms with Gasteiger partial charge in [0.25, 0.3) is 0 Å². The summed E-state index contributed by atoms with van der Waals surface area (Å²) < 4.78 is 31.2. The summed E-state index contributed by atoms with van der Waals surface area (Å²) >= 11 is 5.71. The average Bonchev–Trinajstić information content (AvgIpc) is 2.77. The van der Waals surface area contributed by atoms with Crippen LogP contribution in [0.4, 0.5) is 8.78 Å². The first kappa shape index (κ1) is 13.1. The second-order valence-corrected chi connectivity index (χ2v) is 4.31. The number of furan rings is 1. The summed E-state index contributed by atoms with van der Waals surface area (Å²) in [5.41, 5.74) is 0.681. The fraction of sp³-hybridized carbons (Fsp3) is 0.231. The Morgan fingerprint density at radius 1 is 1.22 bits per heavy atom. The smallest absolute Gasteiger partial charge is 0.193 e. The summed E-state index contributed by atoms with van der Waals surface area (Å²) in [6.45, 7) is 0. The first-order valence-electron chi connectivity index (χ1n) is 5.46. The normalized spacial score (nSPS) is 12.7. The lowest BCUT2D eigenvalue weighted by molar-refractivity contribution is 0.429. The maximum absolute atomic E-state index is 13.1. The first-order valence-corrected chi connectivity index (χ1v) is 5.84. The van der Waals surface area contributed by atoms with Gasteiger partial charge in [0.2, 0.25) is 0 Å². The molecule has 18 heavy (non-hydrogen) atoms. The van der Waals surface area contributed by atoms with E-state index in [4.69, 9.17) is 16.0 Å². The molecule has 0 aliphatic rings. The molecule has 0 fully saturated rings. The van der Waals surface area contributed by atoms with Crippen molar-refractivity contribution in [2.45, 2.75) is 12.5 Å². The van der Waals surface area contributed by atoms with Crippen LogP contribution in [0.1, 0.15) is 17.4 Å². The van der Waals surface area contributed by atoms with Crippen molar-refractivity contribution >= 4 is 11.6 Å². The zero-order valence-electron chi connectivity index (χ0n) is 9.71. The molecule has 1 unspecified atom stereocenters. The molecule has 2 nitrogen and oxygen atoms in total. The molecule has 0 bridgehead atoms. The van der Waals surface area contributed by atoms with Gasteiger partial charge < -0.3 is 9.73 Å². The molecule has 0 aliphatic carbocycles. The van der Waals surface area contributed by atoms with Crippen LogP contribution < -0.4 is 5.32 Å². The molecule has 0 spiro atoms. The first-order chi connectivity index (χ1) is 8.60. The molecular weight excluding hydrogens is 260 g/mol. The van der Waals surface area contributed by atoms with Crippen molar-refractivity contribution in [2.24, 2.45) is 0 Å². The maximum Gasteiger partial charge on any atom is 0.193 e. The number of likely N-dealkylation sites (N-methyl/N-ethyl adjacent to an activating group) is 1. The molecule has 1 heterocycles. The lowest BCUT2D eigenvalue weighted by Gasteiger charge is -2.13. The molecule has 0 saturated carbocycles. The van der Waals surface area contributed by atoms with E-state index in [2.05, 4.69) is 5.32 Å². The van der Waals surface area contributed by atoms with Crippen molar-refractivity contribution in [1.29, 1.82) is 0 Å². The van der Waals surface area contributed by atoms with E-state index in [1.165, 1.54) is 6.07 Å². The van der Waals surface area contributed by atoms with E-state index in [1.54, 1.807) is 25.2 Å². The molecular formula is C13H12ClF2NO. The summed E-state index contributed by atoms with van der Waals surface area (Å²) in [4.78, 5) is 0. The number of hydrogen-bond donors (Lipinski definition) is 1. The van der Waals surface area contributed by atoms with Gasteiger partial charge in [0, 0.05) is 0 Å². The highest BCUT2D eigenvalue weighted by atomic mass is 35.5. The summed E-state index contributed by atoms with van der Waals surface area (Å²) in [7, 11) is 1.76. The van der Waals surface area contributed by atoms with Gasteiger partial charge in [-0.2, -0.15) is 0 Å². The average molecular weight is 272 g/mol. The molecule has 2 rings (SSSR count). The van der Waals surface area contributed by atoms with Crippen LogP contribution in [0, 0.1) is 11.6 Å². The predicted octanol–water partition coefficient (Wildman–Crippen LogP) is 3.71. The topological polar surface area (TPSA) is 25.2 Å². The van der Waals surface area contributed by atoms with E-state index in [0.717, 1.165) is 6.07 Å². The lowest BCUT2D eigenvalue weighted by Crippen LogP contribution is -2.18. The van der Waals surface area contributed by atoms with Crippen LogP contribution in [-0.4, -0.2) is 7.05 Å². The molecule has 1 atom stereocenters. The third-order valence-corrected chi connectivity index (χ3v) is 2.91. The summed E-state index contributed by atoms with van der Waals surface area (Å²) in [6.07, 6.45) is 0.484. The van der Waals surface area contributed by atoms with E-state index in [9.17, 15) is 8.78 Å². The Morgan fingerprint density at radius 3 is 2.56 bits per heavy atom. The molecule has 0 saturated heterocycles. The second-order valence-electron chi connectivity index (χ2n) is 3.94. The van der Waals surface area contributed by atoms with Crippen molar-refractivity contribution in [2.75, 3.05) is 7.05 Å². The number of halogens is 3. The molecule has 0 aliphatic heterocycles. The third-order valence-electron chi connectivity index (χ3n) is 2.71. The Balaban J connectivity index is 2.17. The summed E-state index contributed by atoms with van der Waals surface area (Å²) in [5.74, 6) is -1.03. The molecule has 1 N–H and O–H groups in total. The van der Waals surface area contributed by atoms with Gasteiger partial charge in [0.1, 0.15) is 5.76 Å². The molecule has 0 radical (unpaired) electrons. The number of hydrogen-bond acceptors (Lipinski definition) is 2. The van der Waals surface area contributed by atoms with Crippen molar-refractivity contribution in [3.63, 3.8) is 0 Å². The van der Waals surface area contributed by atoms with Gasteiger partial charge in [0.15, 0.2) is 16.9 Å². The minimum Gasteiger partial charge on any atom is -0.448 e. The second kappa shape index (κ2) is 5.50. The highest BCUT2D eigenvalue weighted by Gasteiger charge is 2.15. The molecule has 1 aromatic heterocycles. The van der Waals surface area contributed by atoms with Crippen molar-refractivity contribution in [1.82, 2.24) is 5.32 Å². The molecule has 96 valence electrons. The van der Waals surface area contributed by atoms with Crippen molar-refractivity contribution < 1.29 is 13.2 Å². The lowest BCUT2D eigenvalue weighted by atomic mass is 10.0. The Hall–Kier alpha value is -1.39. The Morgan fingerprint density at radius 2 is 2.00 bits per heavy atom. The predicted molar refractivity (Wildman–Crippen MR) is 65.6 cm³/mol. The standard InChI is InChI=1S/C13H12ClF2NO/c1-17-11(12-4-5-13(14)18-12)7-8-2-3-9(15)10(16)6-8/h2-6,11,17H,7H2,1H3. The number of rotatable bonds is 4. The van der Waals surface area contributed by atoms with Crippen LogP contribution in [0.2, 0.25) is 5.22 Å². The van der Waals surface area contributed by atoms with Crippen LogP contribution in [-0.2, 0) is 6.42 Å². The van der Waals surface area contributed by atoms with Gasteiger partial charge in [-0.05, 0) is 54.9 Å². The van der Waals surface area contributed by atoms with E-state index >= 15 is 0 Å². The maximum atomic E-state index is 13.1. The number of benzene rings is 1. The third kappa shape index (κ3) is 2.89. The van der Waals surface area contributed by atoms with Gasteiger partial charge in [-0.1, -0.05) is 6.07 Å². The van der Waals surface area contributed by atoms with Gasteiger partial charge in [-0.15, -0.1) is 0 Å². The van der Waals surface area contributed by atoms with Gasteiger partial charge in [-0.25, -0.2) is 8.78 Å². The van der Waals surface area contributed by atoms with Crippen LogP contribution in [0.5, 0.6) is 0 Å². The van der Waals surface area contributed by atoms with Gasteiger partial charge in [-0.3, -0.25) is 0 Å². The molecule has 5 heteroatoms. The quantitative estimate of drug-likeness (QED) is 0.917. The van der Waals surface area contributed by atoms with Crippen molar-refractivity contribution in [3.8, 4) is 0 Å². The van der Waals surface area contributed by atoms with Crippen molar-refractivity contribution in [3.05, 3.63) is 58.5 Å². The molecule has 0 amide bonds. The Kier molecular flexibility index (Phi) is 3.99. The van der Waals surface area contributed by atoms with Crippen LogP contribution in [0.15, 0.2) is 34.7 Å². The Bertz CT molecular complexity index is 542. The minimum absolute atomic E-state index is 0.137. The molecule has 1 aromatic carbocycles. The van der Waals surface area contributed by atoms with Gasteiger partial charge >= 0.3 is 0 Å². The largest absolute Gasteiger partial charge is 0.448 e. The van der Waals surface area contributed by atoms with E-state index in [1.807, 2.05) is 0 Å². The van der Waals surface area contributed by atoms with E-state index in [-0.39, 0.29) is 6.04 Å². The fourth-order valence-corrected chi connectivity index (χ4v) is 1.91. The summed E-state index contributed by atoms with van der Waals surface area (Å²) in [6, 6.07) is 7.11. The number of nitrogens with one attached hydrogen (secondary N) is 1. The highest BCUT2D eigenvalue weighted by Crippen LogP contribution is 2.23. The highest BCUT2D eigenvalue weighted by molar-refractivity contribution is 6.28. The fourth-order valence-electron chi connectivity index (χ4n) is 1.76. The SMILES string of the molecule is CNC(Cc1ccc(F)c(F)c1)c1ccc(Cl)o1. The van der Waals surface area contributed by atoms with Gasteiger partial charge in [0.05, 0.1) is 6.04 Å². The zero-order valence-corrected chi connectivity index (χ0v) is 10.5. The van der Waals surface area contributed by atoms with E-state index < -0.39 is 11.6 Å². The van der Waals surface area contributed by atoms with E-state index in [0.29, 0.717) is 23.0 Å². The monoisotopic (exact) mass is 271 g/mol. The molecule has 2 aromatic rings.